The zero-order chi connectivity index (χ0) is 17.8. The Kier molecular flexibility index (Phi) is 4.75. The van der Waals surface area contributed by atoms with Gasteiger partial charge in [0.15, 0.2) is 6.10 Å². The van der Waals surface area contributed by atoms with E-state index in [1.54, 1.807) is 12.4 Å². The van der Waals surface area contributed by atoms with E-state index in [4.69, 9.17) is 4.74 Å². The molecule has 4 rings (SSSR count). The number of rotatable bonds is 4. The van der Waals surface area contributed by atoms with Crippen LogP contribution in [-0.4, -0.2) is 17.5 Å². The lowest BCUT2D eigenvalue weighted by molar-refractivity contribution is -0.134. The van der Waals surface area contributed by atoms with Crippen LogP contribution in [0.1, 0.15) is 34.4 Å². The van der Waals surface area contributed by atoms with Crippen molar-refractivity contribution in [2.75, 3.05) is 6.61 Å². The molecule has 0 aliphatic carbocycles. The van der Waals surface area contributed by atoms with Crippen molar-refractivity contribution in [3.63, 3.8) is 0 Å². The highest BCUT2D eigenvalue weighted by Gasteiger charge is 2.29. The third kappa shape index (κ3) is 3.37. The molecule has 4 heteroatoms. The number of amides is 1. The van der Waals surface area contributed by atoms with Crippen LogP contribution in [0.3, 0.4) is 0 Å². The number of pyridine rings is 1. The summed E-state index contributed by atoms with van der Waals surface area (Å²) in [5, 5.41) is 3.16. The van der Waals surface area contributed by atoms with Gasteiger partial charge in [-0.2, -0.15) is 0 Å². The van der Waals surface area contributed by atoms with Gasteiger partial charge in [0.2, 0.25) is 0 Å². The van der Waals surface area contributed by atoms with Crippen LogP contribution in [0.2, 0.25) is 0 Å². The molecule has 0 saturated heterocycles. The third-order valence-electron chi connectivity index (χ3n) is 4.67. The van der Waals surface area contributed by atoms with E-state index in [0.29, 0.717) is 6.61 Å². The highest BCUT2D eigenvalue weighted by Crippen LogP contribution is 2.29. The molecular formula is C22H20N2O2. The van der Waals surface area contributed by atoms with E-state index in [2.05, 4.69) is 16.4 Å². The van der Waals surface area contributed by atoms with Crippen LogP contribution in [0.5, 0.6) is 0 Å². The molecule has 0 spiro atoms. The molecule has 1 aliphatic heterocycles. The lowest BCUT2D eigenvalue weighted by Crippen LogP contribution is -2.36. The van der Waals surface area contributed by atoms with Gasteiger partial charge in [0.1, 0.15) is 0 Å². The summed E-state index contributed by atoms with van der Waals surface area (Å²) in [6, 6.07) is 21.5. The first kappa shape index (κ1) is 16.5. The Hall–Kier alpha value is -2.98. The quantitative estimate of drug-likeness (QED) is 0.787. The average Bonchev–Trinajstić information content (AvgIpc) is 2.72. The molecule has 1 amide bonds. The van der Waals surface area contributed by atoms with E-state index in [9.17, 15) is 4.79 Å². The largest absolute Gasteiger partial charge is 0.363 e. The molecule has 26 heavy (non-hydrogen) atoms. The molecule has 2 heterocycles. The predicted molar refractivity (Wildman–Crippen MR) is 99.5 cm³/mol. The third-order valence-corrected chi connectivity index (χ3v) is 4.67. The first-order valence-electron chi connectivity index (χ1n) is 8.77. The number of ether oxygens (including phenoxy) is 1. The molecule has 1 N–H and O–H groups in total. The number of nitrogens with one attached hydrogen (secondary N) is 1. The van der Waals surface area contributed by atoms with Crippen LogP contribution in [0, 0.1) is 0 Å². The van der Waals surface area contributed by atoms with E-state index in [0.717, 1.165) is 23.1 Å². The van der Waals surface area contributed by atoms with Crippen LogP contribution in [0.4, 0.5) is 0 Å². The van der Waals surface area contributed by atoms with Gasteiger partial charge < -0.3 is 10.1 Å². The molecule has 0 unspecified atom stereocenters. The molecule has 0 bridgehead atoms. The van der Waals surface area contributed by atoms with Gasteiger partial charge in [-0.3, -0.25) is 9.78 Å². The molecule has 4 nitrogen and oxygen atoms in total. The maximum absolute atomic E-state index is 13.1. The van der Waals surface area contributed by atoms with Gasteiger partial charge in [-0.25, -0.2) is 0 Å². The molecule has 0 saturated carbocycles. The first-order valence-corrected chi connectivity index (χ1v) is 8.77. The SMILES string of the molecule is O=C(N[C@@H](c1ccccc1)c1cccnc1)[C@H]1OCCc2ccccc21. The zero-order valence-corrected chi connectivity index (χ0v) is 14.3. The molecule has 1 aliphatic rings. The standard InChI is InChI=1S/C22H20N2O2/c25-22(21-19-11-5-4-7-16(19)12-14-26-21)24-20(17-8-2-1-3-9-17)18-10-6-13-23-15-18/h1-11,13,15,20-21H,12,14H2,(H,24,25)/t20-,21-/m0/s1. The van der Waals surface area contributed by atoms with Crippen molar-refractivity contribution in [1.29, 1.82) is 0 Å². The molecule has 0 fully saturated rings. The normalized spacial score (nSPS) is 17.2. The smallest absolute Gasteiger partial charge is 0.254 e. The van der Waals surface area contributed by atoms with Gasteiger partial charge in [0.25, 0.3) is 5.91 Å². The molecular weight excluding hydrogens is 324 g/mol. The Morgan fingerprint density at radius 1 is 1.00 bits per heavy atom. The maximum Gasteiger partial charge on any atom is 0.254 e. The number of benzene rings is 2. The van der Waals surface area contributed by atoms with Gasteiger partial charge in [0, 0.05) is 12.4 Å². The van der Waals surface area contributed by atoms with E-state index in [1.165, 1.54) is 5.56 Å². The van der Waals surface area contributed by atoms with Crippen molar-refractivity contribution < 1.29 is 9.53 Å². The van der Waals surface area contributed by atoms with Crippen LogP contribution >= 0.6 is 0 Å². The van der Waals surface area contributed by atoms with Crippen LogP contribution in [0.15, 0.2) is 79.1 Å². The monoisotopic (exact) mass is 344 g/mol. The minimum atomic E-state index is -0.581. The highest BCUT2D eigenvalue weighted by atomic mass is 16.5. The molecule has 3 aromatic rings. The zero-order valence-electron chi connectivity index (χ0n) is 14.3. The Bertz CT molecular complexity index is 841. The van der Waals surface area contributed by atoms with Crippen LogP contribution < -0.4 is 5.32 Å². The predicted octanol–water partition coefficient (Wildman–Crippen LogP) is 3.60. The van der Waals surface area contributed by atoms with E-state index in [1.807, 2.05) is 60.7 Å². The highest BCUT2D eigenvalue weighted by molar-refractivity contribution is 5.83. The van der Waals surface area contributed by atoms with E-state index >= 15 is 0 Å². The van der Waals surface area contributed by atoms with Gasteiger partial charge in [-0.05, 0) is 34.7 Å². The summed E-state index contributed by atoms with van der Waals surface area (Å²) in [5.41, 5.74) is 4.08. The minimum absolute atomic E-state index is 0.130. The van der Waals surface area contributed by atoms with Gasteiger partial charge in [-0.15, -0.1) is 0 Å². The van der Waals surface area contributed by atoms with Crippen molar-refractivity contribution in [3.05, 3.63) is 101 Å². The average molecular weight is 344 g/mol. The molecule has 2 aromatic carbocycles. The number of hydrogen-bond donors (Lipinski definition) is 1. The van der Waals surface area contributed by atoms with Crippen LogP contribution in [-0.2, 0) is 16.0 Å². The number of carbonyl (C=O) groups is 1. The van der Waals surface area contributed by atoms with Gasteiger partial charge >= 0.3 is 0 Å². The van der Waals surface area contributed by atoms with Crippen molar-refractivity contribution in [2.45, 2.75) is 18.6 Å². The summed E-state index contributed by atoms with van der Waals surface area (Å²) < 4.78 is 5.81. The Morgan fingerprint density at radius 3 is 2.58 bits per heavy atom. The Labute approximate surface area is 152 Å². The van der Waals surface area contributed by atoms with Crippen molar-refractivity contribution in [3.8, 4) is 0 Å². The number of fused-ring (bicyclic) bond motifs is 1. The Morgan fingerprint density at radius 2 is 1.77 bits per heavy atom. The number of aromatic nitrogens is 1. The fraction of sp³-hybridized carbons (Fsp3) is 0.182. The van der Waals surface area contributed by atoms with Gasteiger partial charge in [0.05, 0.1) is 12.6 Å². The first-order chi connectivity index (χ1) is 12.8. The topological polar surface area (TPSA) is 51.2 Å². The van der Waals surface area contributed by atoms with E-state index < -0.39 is 6.10 Å². The molecule has 1 aromatic heterocycles. The fourth-order valence-corrected chi connectivity index (χ4v) is 3.38. The lowest BCUT2D eigenvalue weighted by atomic mass is 9.95. The summed E-state index contributed by atoms with van der Waals surface area (Å²) in [6.45, 7) is 0.554. The second-order valence-electron chi connectivity index (χ2n) is 6.34. The van der Waals surface area contributed by atoms with E-state index in [-0.39, 0.29) is 11.9 Å². The van der Waals surface area contributed by atoms with Crippen molar-refractivity contribution in [2.24, 2.45) is 0 Å². The lowest BCUT2D eigenvalue weighted by Gasteiger charge is -2.27. The maximum atomic E-state index is 13.1. The van der Waals surface area contributed by atoms with Crippen LogP contribution in [0.25, 0.3) is 0 Å². The second kappa shape index (κ2) is 7.50. The molecule has 130 valence electrons. The van der Waals surface area contributed by atoms with Crippen molar-refractivity contribution >= 4 is 5.91 Å². The summed E-state index contributed by atoms with van der Waals surface area (Å²) in [4.78, 5) is 17.3. The molecule has 0 radical (unpaired) electrons. The second-order valence-corrected chi connectivity index (χ2v) is 6.34. The minimum Gasteiger partial charge on any atom is -0.363 e. The summed E-state index contributed by atoms with van der Waals surface area (Å²) in [5.74, 6) is -0.130. The number of nitrogens with zero attached hydrogens (tertiary/aromatic N) is 1. The number of carbonyl (C=O) groups excluding carboxylic acids is 1. The molecule has 2 atom stereocenters. The summed E-state index contributed by atoms with van der Waals surface area (Å²) in [6.07, 6.45) is 3.77. The Balaban J connectivity index is 1.64. The van der Waals surface area contributed by atoms with Gasteiger partial charge in [-0.1, -0.05) is 60.7 Å². The number of hydrogen-bond acceptors (Lipinski definition) is 3. The van der Waals surface area contributed by atoms with Crippen molar-refractivity contribution in [1.82, 2.24) is 10.3 Å². The summed E-state index contributed by atoms with van der Waals surface area (Å²) >= 11 is 0. The summed E-state index contributed by atoms with van der Waals surface area (Å²) in [7, 11) is 0. The fourth-order valence-electron chi connectivity index (χ4n) is 3.38.